The third kappa shape index (κ3) is 2.44. The predicted molar refractivity (Wildman–Crippen MR) is 28.7 cm³/mol. The summed E-state index contributed by atoms with van der Waals surface area (Å²) in [7, 11) is 0. The smallest absolute Gasteiger partial charge is 0.320 e. The number of carbonyl (C=O) groups is 1. The zero-order valence-corrected chi connectivity index (χ0v) is 7.65. The first-order chi connectivity index (χ1) is 3.80. The number of hydrogen-bond donors (Lipinski definition) is 2. The third-order valence-electron chi connectivity index (χ3n) is 1.36. The normalized spacial score (nSPS) is 25.1. The Bertz CT molecular complexity index is 101. The van der Waals surface area contributed by atoms with Crippen LogP contribution in [-0.4, -0.2) is 23.7 Å². The van der Waals surface area contributed by atoms with Gasteiger partial charge in [-0.2, -0.15) is 0 Å². The molecule has 1 atom stereocenters. The van der Waals surface area contributed by atoms with Gasteiger partial charge in [-0.25, -0.2) is 0 Å². The molecule has 0 aromatic rings. The van der Waals surface area contributed by atoms with E-state index in [2.05, 4.69) is 5.32 Å². The van der Waals surface area contributed by atoms with Crippen LogP contribution in [0.2, 0.25) is 0 Å². The average molecular weight is 301 g/mol. The number of carboxylic acid groups (broad SMARTS) is 1. The van der Waals surface area contributed by atoms with E-state index in [1.54, 1.807) is 0 Å². The minimum Gasteiger partial charge on any atom is -0.480 e. The van der Waals surface area contributed by atoms with Crippen molar-refractivity contribution in [3.8, 4) is 0 Å². The van der Waals surface area contributed by atoms with Crippen molar-refractivity contribution in [1.82, 2.24) is 5.32 Å². The second-order valence-electron chi connectivity index (χ2n) is 1.99. The molecule has 53 valence electrons. The van der Waals surface area contributed by atoms with Crippen molar-refractivity contribution in [2.24, 2.45) is 0 Å². The molecule has 0 saturated carbocycles. The maximum absolute atomic E-state index is 10.1. The van der Waals surface area contributed by atoms with Gasteiger partial charge in [0.2, 0.25) is 0 Å². The van der Waals surface area contributed by atoms with Gasteiger partial charge in [-0.3, -0.25) is 4.79 Å². The molecule has 9 heavy (non-hydrogen) atoms. The van der Waals surface area contributed by atoms with Crippen molar-refractivity contribution >= 4 is 5.97 Å². The molecule has 0 aromatic heterocycles. The second-order valence-corrected chi connectivity index (χ2v) is 1.99. The van der Waals surface area contributed by atoms with E-state index in [0.717, 1.165) is 19.4 Å². The Morgan fingerprint density at radius 1 is 1.67 bits per heavy atom. The molecule has 0 aromatic carbocycles. The van der Waals surface area contributed by atoms with Crippen molar-refractivity contribution in [2.45, 2.75) is 18.9 Å². The van der Waals surface area contributed by atoms with Gasteiger partial charge in [0.05, 0.1) is 0 Å². The molecule has 1 radical (unpaired) electrons. The molecule has 1 aliphatic rings. The van der Waals surface area contributed by atoms with Crippen molar-refractivity contribution in [3.05, 3.63) is 0 Å². The summed E-state index contributed by atoms with van der Waals surface area (Å²) in [5.41, 5.74) is 0. The molecule has 0 bridgehead atoms. The standard InChI is InChI=1S/C5H9NO2.Re/c7-5(8)4-2-1-3-6-4;/h4,6H,1-3H2,(H,7,8);. The van der Waals surface area contributed by atoms with Gasteiger partial charge < -0.3 is 10.4 Å². The summed E-state index contributed by atoms with van der Waals surface area (Å²) in [5, 5.41) is 11.2. The Labute approximate surface area is 67.5 Å². The van der Waals surface area contributed by atoms with Crippen molar-refractivity contribution in [3.63, 3.8) is 0 Å². The van der Waals surface area contributed by atoms with Gasteiger partial charge in [-0.15, -0.1) is 0 Å². The van der Waals surface area contributed by atoms with Gasteiger partial charge in [0.1, 0.15) is 6.04 Å². The number of carboxylic acids is 1. The number of aliphatic carboxylic acids is 1. The van der Waals surface area contributed by atoms with Gasteiger partial charge in [0, 0.05) is 20.4 Å². The van der Waals surface area contributed by atoms with Crippen LogP contribution in [0, 0.1) is 0 Å². The molecule has 1 unspecified atom stereocenters. The van der Waals surface area contributed by atoms with E-state index < -0.39 is 5.97 Å². The maximum atomic E-state index is 10.1. The predicted octanol–water partition coefficient (Wildman–Crippen LogP) is -0.179. The van der Waals surface area contributed by atoms with E-state index in [9.17, 15) is 4.79 Å². The van der Waals surface area contributed by atoms with Crippen LogP contribution in [0.1, 0.15) is 12.8 Å². The van der Waals surface area contributed by atoms with Gasteiger partial charge in [-0.1, -0.05) is 0 Å². The van der Waals surface area contributed by atoms with Gasteiger partial charge >= 0.3 is 5.97 Å². The topological polar surface area (TPSA) is 49.3 Å². The van der Waals surface area contributed by atoms with E-state index >= 15 is 0 Å². The fourth-order valence-corrected chi connectivity index (χ4v) is 0.895. The van der Waals surface area contributed by atoms with Gasteiger partial charge in [0.25, 0.3) is 0 Å². The molecule has 0 amide bonds. The Morgan fingerprint density at radius 2 is 2.33 bits per heavy atom. The maximum Gasteiger partial charge on any atom is 0.320 e. The molecule has 1 saturated heterocycles. The molecular formula is C5H9NO2Re. The average Bonchev–Trinajstić information content (AvgIpc) is 2.12. The molecule has 0 aliphatic carbocycles. The third-order valence-corrected chi connectivity index (χ3v) is 1.36. The molecule has 1 fully saturated rings. The van der Waals surface area contributed by atoms with Crippen LogP contribution in [0.25, 0.3) is 0 Å². The summed E-state index contributed by atoms with van der Waals surface area (Å²) in [5.74, 6) is -0.720. The fourth-order valence-electron chi connectivity index (χ4n) is 0.895. The van der Waals surface area contributed by atoms with Crippen LogP contribution in [0.4, 0.5) is 0 Å². The first-order valence-corrected chi connectivity index (χ1v) is 2.77. The molecule has 0 spiro atoms. The molecule has 3 nitrogen and oxygen atoms in total. The Kier molecular flexibility index (Phi) is 4.04. The molecule has 1 aliphatic heterocycles. The summed E-state index contributed by atoms with van der Waals surface area (Å²) < 4.78 is 0. The number of nitrogens with one attached hydrogen (secondary N) is 1. The molecule has 1 heterocycles. The summed E-state index contributed by atoms with van der Waals surface area (Å²) >= 11 is 0. The SMILES string of the molecule is O=C(O)C1CCCN1.[Re]. The number of rotatable bonds is 1. The second kappa shape index (κ2) is 4.00. The van der Waals surface area contributed by atoms with Crippen molar-refractivity contribution in [1.29, 1.82) is 0 Å². The Balaban J connectivity index is 0.000000640. The van der Waals surface area contributed by atoms with Crippen LogP contribution < -0.4 is 5.32 Å². The summed E-state index contributed by atoms with van der Waals surface area (Å²) in [6.07, 6.45) is 1.78. The van der Waals surface area contributed by atoms with Crippen LogP contribution in [0.15, 0.2) is 0 Å². The first kappa shape index (κ1) is 9.09. The molecule has 4 heteroatoms. The molecule has 1 rings (SSSR count). The quantitative estimate of drug-likeness (QED) is 0.706. The number of hydrogen-bond acceptors (Lipinski definition) is 2. The van der Waals surface area contributed by atoms with Crippen molar-refractivity contribution < 1.29 is 30.3 Å². The van der Waals surface area contributed by atoms with E-state index in [1.807, 2.05) is 0 Å². The van der Waals surface area contributed by atoms with Gasteiger partial charge in [0.15, 0.2) is 0 Å². The fraction of sp³-hybridized carbons (Fsp3) is 0.800. The van der Waals surface area contributed by atoms with E-state index in [4.69, 9.17) is 5.11 Å². The van der Waals surface area contributed by atoms with Crippen LogP contribution in [-0.2, 0) is 25.2 Å². The van der Waals surface area contributed by atoms with Gasteiger partial charge in [-0.05, 0) is 19.4 Å². The van der Waals surface area contributed by atoms with E-state index in [1.165, 1.54) is 0 Å². The molecular weight excluding hydrogens is 292 g/mol. The summed E-state index contributed by atoms with van der Waals surface area (Å²) in [6, 6.07) is -0.269. The first-order valence-electron chi connectivity index (χ1n) is 2.77. The van der Waals surface area contributed by atoms with Crippen LogP contribution in [0.5, 0.6) is 0 Å². The summed E-state index contributed by atoms with van der Waals surface area (Å²) in [4.78, 5) is 10.1. The van der Waals surface area contributed by atoms with Crippen LogP contribution in [0.3, 0.4) is 0 Å². The minimum absolute atomic E-state index is 0. The molecule has 2 N–H and O–H groups in total. The van der Waals surface area contributed by atoms with Crippen molar-refractivity contribution in [2.75, 3.05) is 6.54 Å². The van der Waals surface area contributed by atoms with Crippen LogP contribution >= 0.6 is 0 Å². The zero-order chi connectivity index (χ0) is 5.98. The summed E-state index contributed by atoms with van der Waals surface area (Å²) in [6.45, 7) is 0.858. The minimum atomic E-state index is -0.720. The Hall–Kier alpha value is 0.0923. The van der Waals surface area contributed by atoms with E-state index in [0.29, 0.717) is 0 Å². The Morgan fingerprint density at radius 3 is 2.56 bits per heavy atom. The largest absolute Gasteiger partial charge is 0.480 e. The monoisotopic (exact) mass is 302 g/mol. The zero-order valence-electron chi connectivity index (χ0n) is 4.93. The van der Waals surface area contributed by atoms with E-state index in [-0.39, 0.29) is 26.5 Å².